The number of nitrogens with zero attached hydrogens (tertiary/aromatic N) is 2. The van der Waals surface area contributed by atoms with E-state index in [0.29, 0.717) is 18.2 Å². The summed E-state index contributed by atoms with van der Waals surface area (Å²) in [7, 11) is 0. The maximum atomic E-state index is 11.0. The van der Waals surface area contributed by atoms with Gasteiger partial charge in [-0.05, 0) is 31.2 Å². The van der Waals surface area contributed by atoms with Crippen LogP contribution in [0, 0.1) is 16.0 Å². The van der Waals surface area contributed by atoms with Gasteiger partial charge in [0.05, 0.1) is 4.92 Å². The molecule has 1 atom stereocenters. The van der Waals surface area contributed by atoms with Crippen molar-refractivity contribution in [1.29, 1.82) is 0 Å². The normalized spacial score (nSPS) is 17.6. The molecule has 2 rings (SSSR count). The van der Waals surface area contributed by atoms with Gasteiger partial charge >= 0.3 is 5.69 Å². The van der Waals surface area contributed by atoms with Crippen LogP contribution < -0.4 is 5.32 Å². The lowest BCUT2D eigenvalue weighted by Crippen LogP contribution is -2.32. The lowest BCUT2D eigenvalue weighted by Gasteiger charge is -2.30. The van der Waals surface area contributed by atoms with Gasteiger partial charge < -0.3 is 10.4 Å². The molecule has 1 heterocycles. The monoisotopic (exact) mass is 279 g/mol. The molecular weight excluding hydrogens is 258 g/mol. The first-order chi connectivity index (χ1) is 9.72. The summed E-state index contributed by atoms with van der Waals surface area (Å²) in [6, 6.07) is 3.06. The van der Waals surface area contributed by atoms with Gasteiger partial charge in [-0.1, -0.05) is 19.3 Å². The van der Waals surface area contributed by atoms with Crippen molar-refractivity contribution in [1.82, 2.24) is 4.98 Å². The Morgan fingerprint density at radius 3 is 2.85 bits per heavy atom. The molecule has 110 valence electrons. The highest BCUT2D eigenvalue weighted by molar-refractivity contribution is 5.55. The molecule has 0 bridgehead atoms. The first kappa shape index (κ1) is 14.7. The van der Waals surface area contributed by atoms with Crippen molar-refractivity contribution in [2.45, 2.75) is 44.6 Å². The Balaban J connectivity index is 2.13. The molecule has 2 N–H and O–H groups in total. The summed E-state index contributed by atoms with van der Waals surface area (Å²) < 4.78 is 0. The van der Waals surface area contributed by atoms with Crippen LogP contribution in [0.4, 0.5) is 11.5 Å². The summed E-state index contributed by atoms with van der Waals surface area (Å²) in [6.07, 6.45) is 8.00. The number of aromatic nitrogens is 1. The Labute approximate surface area is 118 Å². The van der Waals surface area contributed by atoms with Gasteiger partial charge in [0.15, 0.2) is 0 Å². The molecule has 1 aromatic rings. The molecule has 0 aliphatic heterocycles. The van der Waals surface area contributed by atoms with E-state index in [1.54, 1.807) is 12.3 Å². The number of aliphatic hydroxyl groups is 1. The Bertz CT molecular complexity index is 447. The Morgan fingerprint density at radius 1 is 1.45 bits per heavy atom. The van der Waals surface area contributed by atoms with Crippen LogP contribution in [0.5, 0.6) is 0 Å². The fraction of sp³-hybridized carbons (Fsp3) is 0.643. The smallest absolute Gasteiger partial charge is 0.311 e. The van der Waals surface area contributed by atoms with Crippen LogP contribution in [-0.4, -0.2) is 27.7 Å². The molecule has 1 aromatic heterocycles. The number of nitrogens with one attached hydrogen (secondary N) is 1. The number of anilines is 1. The minimum atomic E-state index is -0.424. The summed E-state index contributed by atoms with van der Waals surface area (Å²) in [6.45, 7) is 0.0782. The third-order valence-corrected chi connectivity index (χ3v) is 3.96. The molecule has 1 saturated carbocycles. The van der Waals surface area contributed by atoms with Crippen LogP contribution in [0.15, 0.2) is 18.3 Å². The summed E-state index contributed by atoms with van der Waals surface area (Å²) in [5.74, 6) is 0.763. The summed E-state index contributed by atoms with van der Waals surface area (Å²) in [5.41, 5.74) is -0.00810. The van der Waals surface area contributed by atoms with E-state index in [1.807, 2.05) is 0 Å². The van der Waals surface area contributed by atoms with E-state index in [1.165, 1.54) is 25.3 Å². The maximum Gasteiger partial charge on any atom is 0.311 e. The topological polar surface area (TPSA) is 88.3 Å². The van der Waals surface area contributed by atoms with Gasteiger partial charge in [-0.25, -0.2) is 4.98 Å². The van der Waals surface area contributed by atoms with Crippen molar-refractivity contribution in [2.24, 2.45) is 5.92 Å². The van der Waals surface area contributed by atoms with Crippen LogP contribution >= 0.6 is 0 Å². The predicted octanol–water partition coefficient (Wildman–Crippen LogP) is 2.73. The standard InChI is InChI=1S/C14H21N3O3/c18-10-8-12(11-5-2-1-3-6-11)16-14-13(17(19)20)7-4-9-15-14/h4,7,9,11-12,18H,1-3,5-6,8,10H2,(H,15,16)/t12-/m0/s1. The maximum absolute atomic E-state index is 11.0. The first-order valence-electron chi connectivity index (χ1n) is 7.19. The predicted molar refractivity (Wildman–Crippen MR) is 76.6 cm³/mol. The number of rotatable bonds is 6. The molecule has 20 heavy (non-hydrogen) atoms. The molecule has 0 amide bonds. The average Bonchev–Trinajstić information content (AvgIpc) is 2.48. The Morgan fingerprint density at radius 2 is 2.20 bits per heavy atom. The third kappa shape index (κ3) is 3.66. The second-order valence-electron chi connectivity index (χ2n) is 5.29. The minimum absolute atomic E-state index is 0.00810. The lowest BCUT2D eigenvalue weighted by molar-refractivity contribution is -0.384. The van der Waals surface area contributed by atoms with Crippen LogP contribution in [0.25, 0.3) is 0 Å². The number of hydrogen-bond donors (Lipinski definition) is 2. The number of aliphatic hydroxyl groups excluding tert-OH is 1. The molecule has 0 spiro atoms. The van der Waals surface area contributed by atoms with E-state index in [-0.39, 0.29) is 18.3 Å². The largest absolute Gasteiger partial charge is 0.396 e. The molecule has 0 saturated heterocycles. The third-order valence-electron chi connectivity index (χ3n) is 3.96. The average molecular weight is 279 g/mol. The molecule has 0 radical (unpaired) electrons. The summed E-state index contributed by atoms with van der Waals surface area (Å²) in [4.78, 5) is 14.7. The number of pyridine rings is 1. The van der Waals surface area contributed by atoms with Crippen molar-refractivity contribution in [3.05, 3.63) is 28.4 Å². The van der Waals surface area contributed by atoms with Gasteiger partial charge in [-0.2, -0.15) is 0 Å². The molecule has 1 fully saturated rings. The van der Waals surface area contributed by atoms with E-state index in [0.717, 1.165) is 12.8 Å². The molecule has 1 aliphatic carbocycles. The van der Waals surface area contributed by atoms with E-state index in [9.17, 15) is 15.2 Å². The molecular formula is C14H21N3O3. The summed E-state index contributed by atoms with van der Waals surface area (Å²) in [5, 5.41) is 23.4. The second kappa shape index (κ2) is 7.19. The Kier molecular flexibility index (Phi) is 5.29. The minimum Gasteiger partial charge on any atom is -0.396 e. The highest BCUT2D eigenvalue weighted by Gasteiger charge is 2.26. The molecule has 1 aliphatic rings. The van der Waals surface area contributed by atoms with E-state index in [4.69, 9.17) is 0 Å². The van der Waals surface area contributed by atoms with Gasteiger partial charge in [0.2, 0.25) is 5.82 Å². The first-order valence-corrected chi connectivity index (χ1v) is 7.19. The van der Waals surface area contributed by atoms with Crippen LogP contribution in [0.2, 0.25) is 0 Å². The van der Waals surface area contributed by atoms with E-state index in [2.05, 4.69) is 10.3 Å². The van der Waals surface area contributed by atoms with Gasteiger partial charge in [0.25, 0.3) is 0 Å². The van der Waals surface area contributed by atoms with Crippen LogP contribution in [0.1, 0.15) is 38.5 Å². The van der Waals surface area contributed by atoms with Crippen molar-refractivity contribution in [2.75, 3.05) is 11.9 Å². The second-order valence-corrected chi connectivity index (χ2v) is 5.29. The van der Waals surface area contributed by atoms with Gasteiger partial charge in [0, 0.05) is 24.9 Å². The number of nitro groups is 1. The van der Waals surface area contributed by atoms with Gasteiger partial charge in [-0.3, -0.25) is 10.1 Å². The molecule has 6 nitrogen and oxygen atoms in total. The fourth-order valence-electron chi connectivity index (χ4n) is 2.93. The fourth-order valence-corrected chi connectivity index (χ4v) is 2.93. The lowest BCUT2D eigenvalue weighted by atomic mass is 9.82. The zero-order valence-electron chi connectivity index (χ0n) is 11.5. The zero-order chi connectivity index (χ0) is 14.4. The Hall–Kier alpha value is -1.69. The molecule has 0 unspecified atom stereocenters. The van der Waals surface area contributed by atoms with Gasteiger partial charge in [-0.15, -0.1) is 0 Å². The van der Waals surface area contributed by atoms with Crippen molar-refractivity contribution < 1.29 is 10.0 Å². The highest BCUT2D eigenvalue weighted by atomic mass is 16.6. The number of hydrogen-bond acceptors (Lipinski definition) is 5. The van der Waals surface area contributed by atoms with Crippen molar-refractivity contribution >= 4 is 11.5 Å². The zero-order valence-corrected chi connectivity index (χ0v) is 11.5. The van der Waals surface area contributed by atoms with Gasteiger partial charge in [0.1, 0.15) is 0 Å². The molecule has 6 heteroatoms. The van der Waals surface area contributed by atoms with Crippen molar-refractivity contribution in [3.8, 4) is 0 Å². The highest BCUT2D eigenvalue weighted by Crippen LogP contribution is 2.31. The quantitative estimate of drug-likeness (QED) is 0.617. The molecule has 0 aromatic carbocycles. The summed E-state index contributed by atoms with van der Waals surface area (Å²) >= 11 is 0. The SMILES string of the molecule is O=[N+]([O-])c1cccnc1N[C@@H](CCO)C1CCCCC1. The van der Waals surface area contributed by atoms with Crippen LogP contribution in [-0.2, 0) is 0 Å². The van der Waals surface area contributed by atoms with Crippen molar-refractivity contribution in [3.63, 3.8) is 0 Å². The van der Waals surface area contributed by atoms with E-state index < -0.39 is 4.92 Å². The van der Waals surface area contributed by atoms with E-state index >= 15 is 0 Å². The van der Waals surface area contributed by atoms with Crippen LogP contribution in [0.3, 0.4) is 0 Å².